The summed E-state index contributed by atoms with van der Waals surface area (Å²) in [6.07, 6.45) is 0.767. The van der Waals surface area contributed by atoms with Crippen molar-refractivity contribution in [3.05, 3.63) is 59.4 Å². The molecule has 0 aromatic heterocycles. The molecule has 2 aromatic carbocycles. The number of rotatable bonds is 4. The van der Waals surface area contributed by atoms with Gasteiger partial charge in [-0.05, 0) is 54.6 Å². The third kappa shape index (κ3) is 2.89. The Morgan fingerprint density at radius 1 is 1.04 bits per heavy atom. The first-order valence-corrected chi connectivity index (χ1v) is 9.76. The number of para-hydroxylation sites is 1. The Balaban J connectivity index is 1.47. The van der Waals surface area contributed by atoms with Crippen LogP contribution in [-0.4, -0.2) is 44.2 Å². The van der Waals surface area contributed by atoms with E-state index >= 15 is 0 Å². The van der Waals surface area contributed by atoms with E-state index in [1.807, 2.05) is 6.07 Å². The molecule has 0 radical (unpaired) electrons. The molecule has 0 unspecified atom stereocenters. The molecule has 27 heavy (non-hydrogen) atoms. The smallest absolute Gasteiger partial charge is 0.197 e. The molecule has 2 aliphatic heterocycles. The second-order valence-corrected chi connectivity index (χ2v) is 7.91. The van der Waals surface area contributed by atoms with Gasteiger partial charge in [0.05, 0.1) is 13.2 Å². The van der Waals surface area contributed by atoms with Crippen LogP contribution >= 0.6 is 0 Å². The number of halogens is 1. The molecule has 2 saturated heterocycles. The summed E-state index contributed by atoms with van der Waals surface area (Å²) in [5, 5.41) is 3.50. The quantitative estimate of drug-likeness (QED) is 0.900. The van der Waals surface area contributed by atoms with E-state index in [0.29, 0.717) is 5.75 Å². The van der Waals surface area contributed by atoms with Crippen molar-refractivity contribution in [3.63, 3.8) is 0 Å². The lowest BCUT2D eigenvalue weighted by atomic mass is 10.0. The minimum absolute atomic E-state index is 0.182. The predicted octanol–water partition coefficient (Wildman–Crippen LogP) is 3.03. The monoisotopic (exact) mass is 368 g/mol. The van der Waals surface area contributed by atoms with Gasteiger partial charge in [-0.2, -0.15) is 0 Å². The summed E-state index contributed by atoms with van der Waals surface area (Å²) in [5.41, 5.74) is 2.47. The van der Waals surface area contributed by atoms with Gasteiger partial charge in [-0.25, -0.2) is 4.39 Å². The average Bonchev–Trinajstić information content (AvgIpc) is 3.36. The van der Waals surface area contributed by atoms with Gasteiger partial charge in [-0.1, -0.05) is 30.3 Å². The van der Waals surface area contributed by atoms with Crippen LogP contribution in [0.15, 0.2) is 42.5 Å². The van der Waals surface area contributed by atoms with Crippen LogP contribution in [0.25, 0.3) is 0 Å². The molecule has 3 aliphatic rings. The molecule has 0 amide bonds. The molecule has 2 aromatic rings. The highest BCUT2D eigenvalue weighted by molar-refractivity contribution is 5.43. The van der Waals surface area contributed by atoms with E-state index in [2.05, 4.69) is 28.4 Å². The summed E-state index contributed by atoms with van der Waals surface area (Å²) in [7, 11) is 1.55. The maximum absolute atomic E-state index is 14.5. The van der Waals surface area contributed by atoms with E-state index in [9.17, 15) is 4.39 Å². The first-order valence-electron chi connectivity index (χ1n) is 9.76. The normalized spacial score (nSPS) is 29.6. The largest absolute Gasteiger partial charge is 0.493 e. The first-order chi connectivity index (χ1) is 13.2. The van der Waals surface area contributed by atoms with Crippen LogP contribution < -0.4 is 14.8 Å². The van der Waals surface area contributed by atoms with Crippen molar-refractivity contribution in [1.82, 2.24) is 10.2 Å². The lowest BCUT2D eigenvalue weighted by Gasteiger charge is -2.31. The summed E-state index contributed by atoms with van der Waals surface area (Å²) in [4.78, 5) is 2.56. The van der Waals surface area contributed by atoms with Crippen LogP contribution in [-0.2, 0) is 6.42 Å². The summed E-state index contributed by atoms with van der Waals surface area (Å²) in [6, 6.07) is 13.5. The zero-order chi connectivity index (χ0) is 18.4. The van der Waals surface area contributed by atoms with Gasteiger partial charge in [0.1, 0.15) is 6.10 Å². The minimum Gasteiger partial charge on any atom is -0.493 e. The lowest BCUT2D eigenvalue weighted by Crippen LogP contribution is -2.40. The molecular formula is C22H25FN2O2. The van der Waals surface area contributed by atoms with Crippen molar-refractivity contribution < 1.29 is 13.9 Å². The van der Waals surface area contributed by atoms with Crippen molar-refractivity contribution in [2.24, 2.45) is 11.8 Å². The SMILES string of the molecule is COc1cccc(F)c1O[C@@H]1c2ccccc2C[C@H]1N1C[C@H]2CNC[C@H]2C1. The number of benzene rings is 2. The van der Waals surface area contributed by atoms with Gasteiger partial charge in [-0.3, -0.25) is 4.90 Å². The summed E-state index contributed by atoms with van der Waals surface area (Å²) in [5.74, 6) is 1.73. The van der Waals surface area contributed by atoms with Crippen molar-refractivity contribution >= 4 is 0 Å². The molecule has 5 heteroatoms. The van der Waals surface area contributed by atoms with E-state index in [0.717, 1.165) is 44.4 Å². The maximum Gasteiger partial charge on any atom is 0.197 e. The fourth-order valence-corrected chi connectivity index (χ4v) is 5.05. The standard InChI is InChI=1S/C22H25FN2O2/c1-26-20-8-4-7-18(23)22(20)27-21-17-6-3-2-5-14(17)9-19(21)25-12-15-10-24-11-16(15)13-25/h2-8,15-16,19,21,24H,9-13H2,1H3/t15-,16+,19-,21-/m1/s1. The highest BCUT2D eigenvalue weighted by Crippen LogP contribution is 2.43. The number of fused-ring (bicyclic) bond motifs is 2. The van der Waals surface area contributed by atoms with Crippen LogP contribution in [0.2, 0.25) is 0 Å². The number of hydrogen-bond donors (Lipinski definition) is 1. The fourth-order valence-electron chi connectivity index (χ4n) is 5.05. The Kier molecular flexibility index (Phi) is 4.29. The number of methoxy groups -OCH3 is 1. The first kappa shape index (κ1) is 17.0. The molecule has 0 saturated carbocycles. The van der Waals surface area contributed by atoms with Crippen LogP contribution in [0.4, 0.5) is 4.39 Å². The average molecular weight is 368 g/mol. The van der Waals surface area contributed by atoms with Gasteiger partial charge in [0.15, 0.2) is 17.3 Å². The van der Waals surface area contributed by atoms with Crippen LogP contribution in [0.3, 0.4) is 0 Å². The van der Waals surface area contributed by atoms with Gasteiger partial charge in [0.25, 0.3) is 0 Å². The lowest BCUT2D eigenvalue weighted by molar-refractivity contribution is 0.0831. The van der Waals surface area contributed by atoms with Crippen molar-refractivity contribution in [2.75, 3.05) is 33.3 Å². The third-order valence-electron chi connectivity index (χ3n) is 6.42. The Labute approximate surface area is 159 Å². The molecule has 2 fully saturated rings. The molecular weight excluding hydrogens is 343 g/mol. The fraction of sp³-hybridized carbons (Fsp3) is 0.455. The van der Waals surface area contributed by atoms with Gasteiger partial charge < -0.3 is 14.8 Å². The second kappa shape index (κ2) is 6.80. The Morgan fingerprint density at radius 3 is 2.59 bits per heavy atom. The highest BCUT2D eigenvalue weighted by atomic mass is 19.1. The number of nitrogens with zero attached hydrogens (tertiary/aromatic N) is 1. The summed E-state index contributed by atoms with van der Waals surface area (Å²) < 4.78 is 26.2. The van der Waals surface area contributed by atoms with Crippen molar-refractivity contribution in [1.29, 1.82) is 0 Å². The van der Waals surface area contributed by atoms with Gasteiger partial charge >= 0.3 is 0 Å². The van der Waals surface area contributed by atoms with E-state index in [-0.39, 0.29) is 23.7 Å². The number of likely N-dealkylation sites (tertiary alicyclic amines) is 1. The zero-order valence-electron chi connectivity index (χ0n) is 15.5. The van der Waals surface area contributed by atoms with Crippen molar-refractivity contribution in [3.8, 4) is 11.5 Å². The van der Waals surface area contributed by atoms with Crippen LogP contribution in [0.5, 0.6) is 11.5 Å². The molecule has 4 nitrogen and oxygen atoms in total. The molecule has 0 bridgehead atoms. The molecule has 4 atom stereocenters. The predicted molar refractivity (Wildman–Crippen MR) is 102 cm³/mol. The van der Waals surface area contributed by atoms with Crippen LogP contribution in [0, 0.1) is 17.7 Å². The Morgan fingerprint density at radius 2 is 1.81 bits per heavy atom. The van der Waals surface area contributed by atoms with Gasteiger partial charge in [0.2, 0.25) is 0 Å². The molecule has 0 spiro atoms. The molecule has 2 heterocycles. The molecule has 5 rings (SSSR count). The number of ether oxygens (including phenoxy) is 2. The third-order valence-corrected chi connectivity index (χ3v) is 6.42. The topological polar surface area (TPSA) is 33.7 Å². The van der Waals surface area contributed by atoms with Crippen molar-refractivity contribution in [2.45, 2.75) is 18.6 Å². The molecule has 142 valence electrons. The molecule has 1 N–H and O–H groups in total. The minimum atomic E-state index is -0.375. The Hall–Kier alpha value is -2.11. The van der Waals surface area contributed by atoms with Crippen LogP contribution in [0.1, 0.15) is 17.2 Å². The Bertz CT molecular complexity index is 831. The van der Waals surface area contributed by atoms with E-state index in [1.165, 1.54) is 17.2 Å². The van der Waals surface area contributed by atoms with Gasteiger partial charge in [-0.15, -0.1) is 0 Å². The maximum atomic E-state index is 14.5. The summed E-state index contributed by atoms with van der Waals surface area (Å²) in [6.45, 7) is 4.39. The van der Waals surface area contributed by atoms with E-state index in [1.54, 1.807) is 19.2 Å². The second-order valence-electron chi connectivity index (χ2n) is 7.91. The summed E-state index contributed by atoms with van der Waals surface area (Å²) >= 11 is 0. The van der Waals surface area contributed by atoms with Gasteiger partial charge in [0, 0.05) is 13.1 Å². The molecule has 1 aliphatic carbocycles. The highest BCUT2D eigenvalue weighted by Gasteiger charge is 2.45. The number of hydrogen-bond acceptors (Lipinski definition) is 4. The zero-order valence-corrected chi connectivity index (χ0v) is 15.5. The van der Waals surface area contributed by atoms with E-state index in [4.69, 9.17) is 9.47 Å². The van der Waals surface area contributed by atoms with E-state index < -0.39 is 0 Å². The number of nitrogens with one attached hydrogen (secondary N) is 1.